The van der Waals surface area contributed by atoms with Crippen molar-refractivity contribution in [3.63, 3.8) is 0 Å². The summed E-state index contributed by atoms with van der Waals surface area (Å²) < 4.78 is 29.0. The molecule has 0 aliphatic carbocycles. The largest absolute Gasteiger partial charge is 0.324 e. The first-order valence-corrected chi connectivity index (χ1v) is 8.03. The van der Waals surface area contributed by atoms with Gasteiger partial charge in [-0.05, 0) is 48.4 Å². The molecule has 9 heteroatoms. The molecule has 0 saturated heterocycles. The Hall–Kier alpha value is -3.62. The molecule has 7 nitrogen and oxygen atoms in total. The molecule has 1 aliphatic rings. The van der Waals surface area contributed by atoms with E-state index in [1.54, 1.807) is 29.8 Å². The minimum absolute atomic E-state index is 0.0297. The highest BCUT2D eigenvalue weighted by atomic mass is 19.1. The van der Waals surface area contributed by atoms with E-state index in [-0.39, 0.29) is 5.69 Å². The highest BCUT2D eigenvalue weighted by Gasteiger charge is 2.25. The van der Waals surface area contributed by atoms with Crippen LogP contribution in [-0.4, -0.2) is 19.7 Å². The zero-order valence-corrected chi connectivity index (χ0v) is 14.1. The predicted molar refractivity (Wildman–Crippen MR) is 94.0 cm³/mol. The molecule has 1 atom stereocenters. The Morgan fingerprint density at radius 3 is 2.44 bits per heavy atom. The molecule has 2 heterocycles. The van der Waals surface area contributed by atoms with Gasteiger partial charge in [0.2, 0.25) is 5.95 Å². The van der Waals surface area contributed by atoms with Crippen LogP contribution in [0.5, 0.6) is 0 Å². The molecule has 2 aromatic carbocycles. The number of nitro benzene ring substituents is 1. The number of benzene rings is 2. The van der Waals surface area contributed by atoms with Gasteiger partial charge in [-0.1, -0.05) is 0 Å². The van der Waals surface area contributed by atoms with Crippen molar-refractivity contribution in [3.8, 4) is 0 Å². The fourth-order valence-corrected chi connectivity index (χ4v) is 3.01. The van der Waals surface area contributed by atoms with E-state index in [2.05, 4.69) is 15.4 Å². The van der Waals surface area contributed by atoms with Crippen molar-refractivity contribution in [1.29, 1.82) is 0 Å². The number of aryl methyl sites for hydroxylation is 1. The lowest BCUT2D eigenvalue weighted by atomic mass is 10.0. The molecule has 27 heavy (non-hydrogen) atoms. The molecule has 0 radical (unpaired) electrons. The molecule has 1 N–H and O–H groups in total. The summed E-state index contributed by atoms with van der Waals surface area (Å²) in [5.74, 6) is -0.463. The van der Waals surface area contributed by atoms with Gasteiger partial charge in [0.05, 0.1) is 4.92 Å². The summed E-state index contributed by atoms with van der Waals surface area (Å²) in [5.41, 5.74) is 1.63. The molecule has 1 aliphatic heterocycles. The van der Waals surface area contributed by atoms with Gasteiger partial charge in [-0.3, -0.25) is 10.1 Å². The normalized spacial score (nSPS) is 15.7. The minimum Gasteiger partial charge on any atom is -0.324 e. The van der Waals surface area contributed by atoms with E-state index >= 15 is 0 Å². The highest BCUT2D eigenvalue weighted by molar-refractivity contribution is 5.77. The van der Waals surface area contributed by atoms with Crippen LogP contribution < -0.4 is 5.32 Å². The van der Waals surface area contributed by atoms with Crippen LogP contribution in [0, 0.1) is 28.7 Å². The Kier molecular flexibility index (Phi) is 3.91. The standard InChI is InChI=1S/C18H13F2N5O2/c1-10-21-18-22-16(11-2-4-15(5-3-11)25(26)27)9-17(24(18)23-10)12-6-13(19)8-14(20)7-12/h2-9,17H,1H3,(H,21,22,23). The number of non-ortho nitro benzene ring substituents is 1. The molecule has 0 saturated carbocycles. The lowest BCUT2D eigenvalue weighted by molar-refractivity contribution is -0.384. The van der Waals surface area contributed by atoms with E-state index in [0.29, 0.717) is 28.6 Å². The van der Waals surface area contributed by atoms with Gasteiger partial charge in [0, 0.05) is 23.9 Å². The Labute approximate surface area is 152 Å². The van der Waals surface area contributed by atoms with Gasteiger partial charge in [0.25, 0.3) is 5.69 Å². The van der Waals surface area contributed by atoms with Crippen molar-refractivity contribution in [1.82, 2.24) is 14.8 Å². The van der Waals surface area contributed by atoms with E-state index < -0.39 is 22.6 Å². The summed E-state index contributed by atoms with van der Waals surface area (Å²) in [4.78, 5) is 14.7. The predicted octanol–water partition coefficient (Wildman–Crippen LogP) is 3.83. The number of nitrogens with one attached hydrogen (secondary N) is 1. The molecular weight excluding hydrogens is 356 g/mol. The van der Waals surface area contributed by atoms with E-state index in [0.717, 1.165) is 6.07 Å². The molecule has 4 rings (SSSR count). The van der Waals surface area contributed by atoms with Gasteiger partial charge < -0.3 is 5.32 Å². The zero-order chi connectivity index (χ0) is 19.1. The number of fused-ring (bicyclic) bond motifs is 1. The molecular formula is C18H13F2N5O2. The number of anilines is 1. The molecule has 0 fully saturated rings. The molecule has 1 aromatic heterocycles. The topological polar surface area (TPSA) is 85.9 Å². The average molecular weight is 369 g/mol. The number of allylic oxidation sites excluding steroid dienone is 1. The van der Waals surface area contributed by atoms with E-state index in [1.807, 2.05) is 0 Å². The number of nitrogens with zero attached hydrogens (tertiary/aromatic N) is 4. The quantitative estimate of drug-likeness (QED) is 0.560. The van der Waals surface area contributed by atoms with Crippen LogP contribution in [-0.2, 0) is 0 Å². The first-order valence-electron chi connectivity index (χ1n) is 8.03. The van der Waals surface area contributed by atoms with E-state index in [9.17, 15) is 18.9 Å². The van der Waals surface area contributed by atoms with Gasteiger partial charge in [-0.25, -0.2) is 13.5 Å². The second-order valence-corrected chi connectivity index (χ2v) is 6.08. The second-order valence-electron chi connectivity index (χ2n) is 6.08. The van der Waals surface area contributed by atoms with Crippen molar-refractivity contribution in [2.75, 3.05) is 5.32 Å². The van der Waals surface area contributed by atoms with Gasteiger partial charge >= 0.3 is 0 Å². The van der Waals surface area contributed by atoms with Crippen molar-refractivity contribution in [3.05, 3.63) is 87.2 Å². The number of aromatic nitrogens is 3. The smallest absolute Gasteiger partial charge is 0.269 e. The van der Waals surface area contributed by atoms with Crippen molar-refractivity contribution >= 4 is 17.3 Å². The van der Waals surface area contributed by atoms with Crippen molar-refractivity contribution < 1.29 is 13.7 Å². The third-order valence-corrected chi connectivity index (χ3v) is 4.19. The van der Waals surface area contributed by atoms with Gasteiger partial charge in [-0.15, -0.1) is 0 Å². The summed E-state index contributed by atoms with van der Waals surface area (Å²) in [6.45, 7) is 1.71. The van der Waals surface area contributed by atoms with Gasteiger partial charge in [-0.2, -0.15) is 10.1 Å². The Bertz CT molecular complexity index is 1060. The third-order valence-electron chi connectivity index (χ3n) is 4.19. The Balaban J connectivity index is 1.81. The van der Waals surface area contributed by atoms with Crippen LogP contribution in [0.3, 0.4) is 0 Å². The number of halogens is 2. The number of hydrogen-bond donors (Lipinski definition) is 1. The van der Waals surface area contributed by atoms with Crippen LogP contribution in [0.25, 0.3) is 5.70 Å². The van der Waals surface area contributed by atoms with Gasteiger partial charge in [0.15, 0.2) is 0 Å². The summed E-state index contributed by atoms with van der Waals surface area (Å²) in [7, 11) is 0. The maximum atomic E-state index is 13.7. The monoisotopic (exact) mass is 369 g/mol. The zero-order valence-electron chi connectivity index (χ0n) is 14.1. The third kappa shape index (κ3) is 3.14. The highest BCUT2D eigenvalue weighted by Crippen LogP contribution is 2.33. The van der Waals surface area contributed by atoms with E-state index in [1.165, 1.54) is 24.3 Å². The van der Waals surface area contributed by atoms with Crippen molar-refractivity contribution in [2.24, 2.45) is 0 Å². The average Bonchev–Trinajstić information content (AvgIpc) is 3.00. The number of rotatable bonds is 3. The van der Waals surface area contributed by atoms with Crippen LogP contribution in [0.1, 0.15) is 23.0 Å². The van der Waals surface area contributed by atoms with Crippen LogP contribution in [0.15, 0.2) is 48.5 Å². The van der Waals surface area contributed by atoms with E-state index in [4.69, 9.17) is 0 Å². The fourth-order valence-electron chi connectivity index (χ4n) is 3.01. The summed E-state index contributed by atoms with van der Waals surface area (Å²) >= 11 is 0. The molecule has 1 unspecified atom stereocenters. The maximum absolute atomic E-state index is 13.7. The SMILES string of the molecule is Cc1nc2n(n1)C(c1cc(F)cc(F)c1)C=C(c1ccc([N+](=O)[O-])cc1)N2. The maximum Gasteiger partial charge on any atom is 0.269 e. The summed E-state index contributed by atoms with van der Waals surface area (Å²) in [6, 6.07) is 8.67. The van der Waals surface area contributed by atoms with Crippen LogP contribution >= 0.6 is 0 Å². The Morgan fingerprint density at radius 1 is 1.15 bits per heavy atom. The number of nitro groups is 1. The lowest BCUT2D eigenvalue weighted by Crippen LogP contribution is -2.20. The lowest BCUT2D eigenvalue weighted by Gasteiger charge is -2.24. The summed E-state index contributed by atoms with van der Waals surface area (Å²) in [6.07, 6.45) is 1.75. The molecule has 3 aromatic rings. The van der Waals surface area contributed by atoms with Gasteiger partial charge in [0.1, 0.15) is 23.5 Å². The van der Waals surface area contributed by atoms with Crippen molar-refractivity contribution in [2.45, 2.75) is 13.0 Å². The number of hydrogen-bond acceptors (Lipinski definition) is 5. The summed E-state index contributed by atoms with van der Waals surface area (Å²) in [5, 5.41) is 18.2. The molecule has 0 amide bonds. The van der Waals surface area contributed by atoms with Crippen LogP contribution in [0.2, 0.25) is 0 Å². The minimum atomic E-state index is -0.688. The fraction of sp³-hybridized carbons (Fsp3) is 0.111. The first kappa shape index (κ1) is 16.8. The first-order chi connectivity index (χ1) is 12.9. The molecule has 0 spiro atoms. The second kappa shape index (κ2) is 6.27. The van der Waals surface area contributed by atoms with Crippen LogP contribution in [0.4, 0.5) is 20.4 Å². The molecule has 0 bridgehead atoms. The Morgan fingerprint density at radius 2 is 1.81 bits per heavy atom. The molecule has 136 valence electrons.